The fourth-order valence-corrected chi connectivity index (χ4v) is 3.18. The van der Waals surface area contributed by atoms with Crippen LogP contribution in [0.1, 0.15) is 16.2 Å². The van der Waals surface area contributed by atoms with E-state index in [1.165, 1.54) is 11.3 Å². The van der Waals surface area contributed by atoms with E-state index >= 15 is 0 Å². The van der Waals surface area contributed by atoms with Crippen molar-refractivity contribution in [1.29, 1.82) is 0 Å². The molecular formula is C21H16N4O4S. The first-order chi connectivity index (χ1) is 14.7. The van der Waals surface area contributed by atoms with Crippen molar-refractivity contribution in [2.45, 2.75) is 6.61 Å². The van der Waals surface area contributed by atoms with Gasteiger partial charge in [-0.1, -0.05) is 29.4 Å². The monoisotopic (exact) mass is 420 g/mol. The van der Waals surface area contributed by atoms with Gasteiger partial charge in [0, 0.05) is 11.4 Å². The van der Waals surface area contributed by atoms with Crippen LogP contribution in [-0.2, 0) is 11.3 Å². The summed E-state index contributed by atoms with van der Waals surface area (Å²) >= 11 is 1.49. The van der Waals surface area contributed by atoms with Gasteiger partial charge in [-0.25, -0.2) is 9.59 Å². The largest absolute Gasteiger partial charge is 0.452 e. The third-order valence-electron chi connectivity index (χ3n) is 3.95. The quantitative estimate of drug-likeness (QED) is 0.434. The number of thiophene rings is 1. The molecule has 4 aromatic rings. The normalized spacial score (nSPS) is 10.4. The Labute approximate surface area is 175 Å². The summed E-state index contributed by atoms with van der Waals surface area (Å²) in [6, 6.07) is 18.8. The van der Waals surface area contributed by atoms with Crippen molar-refractivity contribution in [3.63, 3.8) is 0 Å². The highest BCUT2D eigenvalue weighted by atomic mass is 32.1. The van der Waals surface area contributed by atoms with Gasteiger partial charge in [0.2, 0.25) is 5.82 Å². The number of rotatable bonds is 6. The molecule has 0 fully saturated rings. The predicted octanol–water partition coefficient (Wildman–Crippen LogP) is 4.80. The lowest BCUT2D eigenvalue weighted by Gasteiger charge is -2.08. The Bertz CT molecular complexity index is 1130. The van der Waals surface area contributed by atoms with Crippen molar-refractivity contribution in [3.8, 4) is 10.7 Å². The molecule has 0 aliphatic heterocycles. The number of amides is 2. The van der Waals surface area contributed by atoms with E-state index in [-0.39, 0.29) is 18.5 Å². The summed E-state index contributed by atoms with van der Waals surface area (Å²) in [5, 5.41) is 11.2. The molecular weight excluding hydrogens is 404 g/mol. The lowest BCUT2D eigenvalue weighted by molar-refractivity contribution is 0.0430. The molecule has 0 spiro atoms. The molecule has 0 radical (unpaired) electrons. The zero-order valence-electron chi connectivity index (χ0n) is 15.6. The van der Waals surface area contributed by atoms with Crippen LogP contribution >= 0.6 is 11.3 Å². The summed E-state index contributed by atoms with van der Waals surface area (Å²) in [5.74, 6) is 0.133. The molecule has 4 rings (SSSR count). The van der Waals surface area contributed by atoms with Crippen LogP contribution < -0.4 is 10.6 Å². The molecule has 0 unspecified atom stereocenters. The highest BCUT2D eigenvalue weighted by Crippen LogP contribution is 2.21. The lowest BCUT2D eigenvalue weighted by atomic mass is 10.2. The van der Waals surface area contributed by atoms with E-state index in [1.807, 2.05) is 35.7 Å². The van der Waals surface area contributed by atoms with Gasteiger partial charge in [-0.05, 0) is 47.8 Å². The van der Waals surface area contributed by atoms with Crippen LogP contribution in [0, 0.1) is 0 Å². The van der Waals surface area contributed by atoms with Crippen molar-refractivity contribution in [2.75, 3.05) is 10.6 Å². The highest BCUT2D eigenvalue weighted by Gasteiger charge is 2.13. The van der Waals surface area contributed by atoms with E-state index < -0.39 is 5.97 Å². The molecule has 0 saturated heterocycles. The summed E-state index contributed by atoms with van der Waals surface area (Å²) in [4.78, 5) is 29.3. The number of carbonyl (C=O) groups excluding carboxylic acids is 2. The molecule has 2 aromatic carbocycles. The van der Waals surface area contributed by atoms with Gasteiger partial charge in [0.1, 0.15) is 0 Å². The van der Waals surface area contributed by atoms with Crippen molar-refractivity contribution < 1.29 is 18.8 Å². The van der Waals surface area contributed by atoms with Gasteiger partial charge < -0.3 is 19.9 Å². The van der Waals surface area contributed by atoms with Crippen molar-refractivity contribution in [1.82, 2.24) is 10.1 Å². The number of benzene rings is 2. The SMILES string of the molecule is O=C(Nc1ccccc1)Nc1ccc(C(=O)OCc2nc(-c3cccs3)no2)cc1. The zero-order valence-corrected chi connectivity index (χ0v) is 16.4. The number of urea groups is 1. The summed E-state index contributed by atoms with van der Waals surface area (Å²) in [6.45, 7) is -0.128. The minimum Gasteiger partial charge on any atom is -0.452 e. The van der Waals surface area contributed by atoms with Crippen LogP contribution in [0.2, 0.25) is 0 Å². The molecule has 0 aliphatic carbocycles. The van der Waals surface area contributed by atoms with Gasteiger partial charge in [-0.15, -0.1) is 11.3 Å². The molecule has 0 atom stereocenters. The molecule has 150 valence electrons. The first kappa shape index (κ1) is 19.3. The maximum atomic E-state index is 12.2. The second kappa shape index (κ2) is 9.01. The number of hydrogen-bond acceptors (Lipinski definition) is 7. The van der Waals surface area contributed by atoms with E-state index in [9.17, 15) is 9.59 Å². The van der Waals surface area contributed by atoms with Crippen LogP contribution in [-0.4, -0.2) is 22.1 Å². The first-order valence-electron chi connectivity index (χ1n) is 8.94. The van der Waals surface area contributed by atoms with Crippen LogP contribution in [0.5, 0.6) is 0 Å². The number of hydrogen-bond donors (Lipinski definition) is 2. The van der Waals surface area contributed by atoms with E-state index in [0.29, 0.717) is 22.8 Å². The fraction of sp³-hybridized carbons (Fsp3) is 0.0476. The van der Waals surface area contributed by atoms with Gasteiger partial charge in [-0.2, -0.15) is 4.98 Å². The first-order valence-corrected chi connectivity index (χ1v) is 9.82. The maximum absolute atomic E-state index is 12.2. The molecule has 30 heavy (non-hydrogen) atoms. The van der Waals surface area contributed by atoms with Crippen molar-refractivity contribution in [3.05, 3.63) is 83.6 Å². The van der Waals surface area contributed by atoms with Gasteiger partial charge in [0.25, 0.3) is 5.89 Å². The Morgan fingerprint density at radius 1 is 0.933 bits per heavy atom. The number of ether oxygens (including phenoxy) is 1. The lowest BCUT2D eigenvalue weighted by Crippen LogP contribution is -2.19. The van der Waals surface area contributed by atoms with Crippen LogP contribution in [0.4, 0.5) is 16.2 Å². The van der Waals surface area contributed by atoms with Crippen molar-refractivity contribution in [2.24, 2.45) is 0 Å². The average molecular weight is 420 g/mol. The van der Waals surface area contributed by atoms with Gasteiger partial charge in [-0.3, -0.25) is 0 Å². The summed E-state index contributed by atoms with van der Waals surface area (Å²) < 4.78 is 10.3. The fourth-order valence-electron chi connectivity index (χ4n) is 2.53. The standard InChI is InChI=1S/C21H16N4O4S/c26-20(28-13-18-24-19(25-29-18)17-7-4-12-30-17)14-8-10-16(11-9-14)23-21(27)22-15-5-2-1-3-6-15/h1-12H,13H2,(H2,22,23,27). The topological polar surface area (TPSA) is 106 Å². The molecule has 0 saturated carbocycles. The summed E-state index contributed by atoms with van der Waals surface area (Å²) in [7, 11) is 0. The Hall–Kier alpha value is -3.98. The number of carbonyl (C=O) groups is 2. The van der Waals surface area contributed by atoms with Gasteiger partial charge in [0.15, 0.2) is 6.61 Å². The second-order valence-electron chi connectivity index (χ2n) is 6.09. The molecule has 8 nitrogen and oxygen atoms in total. The second-order valence-corrected chi connectivity index (χ2v) is 7.04. The third-order valence-corrected chi connectivity index (χ3v) is 4.81. The van der Waals surface area contributed by atoms with Crippen LogP contribution in [0.3, 0.4) is 0 Å². The summed E-state index contributed by atoms with van der Waals surface area (Å²) in [6.07, 6.45) is 0. The highest BCUT2D eigenvalue weighted by molar-refractivity contribution is 7.13. The molecule has 2 N–H and O–H groups in total. The minimum absolute atomic E-state index is 0.128. The zero-order chi connectivity index (χ0) is 20.8. The van der Waals surface area contributed by atoms with Gasteiger partial charge in [0.05, 0.1) is 10.4 Å². The van der Waals surface area contributed by atoms with Gasteiger partial charge >= 0.3 is 12.0 Å². The predicted molar refractivity (Wildman–Crippen MR) is 112 cm³/mol. The molecule has 0 bridgehead atoms. The summed E-state index contributed by atoms with van der Waals surface area (Å²) in [5.41, 5.74) is 1.55. The molecule has 0 aliphatic rings. The third kappa shape index (κ3) is 4.89. The molecule has 2 amide bonds. The van der Waals surface area contributed by atoms with Crippen molar-refractivity contribution >= 4 is 34.7 Å². The average Bonchev–Trinajstić information content (AvgIpc) is 3.45. The molecule has 9 heteroatoms. The number of nitrogens with one attached hydrogen (secondary N) is 2. The molecule has 2 aromatic heterocycles. The van der Waals surface area contributed by atoms with E-state index in [2.05, 4.69) is 20.8 Å². The Morgan fingerprint density at radius 2 is 1.67 bits per heavy atom. The number of anilines is 2. The Morgan fingerprint density at radius 3 is 2.37 bits per heavy atom. The van der Waals surface area contributed by atoms with Crippen LogP contribution in [0.15, 0.2) is 76.6 Å². The van der Waals surface area contributed by atoms with E-state index in [4.69, 9.17) is 9.26 Å². The maximum Gasteiger partial charge on any atom is 0.338 e. The molecule has 2 heterocycles. The number of para-hydroxylation sites is 1. The van der Waals surface area contributed by atoms with E-state index in [0.717, 1.165) is 4.88 Å². The number of nitrogens with zero attached hydrogens (tertiary/aromatic N) is 2. The Kier molecular flexibility index (Phi) is 5.81. The van der Waals surface area contributed by atoms with E-state index in [1.54, 1.807) is 36.4 Å². The Balaban J connectivity index is 1.29. The number of aromatic nitrogens is 2. The number of esters is 1. The smallest absolute Gasteiger partial charge is 0.338 e. The van der Waals surface area contributed by atoms with Crippen LogP contribution in [0.25, 0.3) is 10.7 Å². The minimum atomic E-state index is -0.536.